The number of carbonyl (C=O) groups excluding carboxylic acids is 4. The fraction of sp³-hybridized carbons (Fsp3) is 0.289. The number of morpholine rings is 1. The standard InChI is InChI=1S/C45H46N8O7/c1-27(48-44(56)58-2)42(54)52-19-7-10-37(52)40-46-25-36(50-40)34-18-17-32-22-31(15-16-33(32)23-34)28-11-13-29(14-12-28)35-24-47-41(49-35)38-26-60-21-20-53(38)43(55)39(51-45(57)59-3)30-8-5-4-6-9-30/h4-6,8-9,11-18,22-25,27,37-39H,7,10,19-21,26H2,1-3H3,(H,46,50)(H,47,49)(H,48,56)(H,51,57). The van der Waals surface area contributed by atoms with Gasteiger partial charge in [0.15, 0.2) is 0 Å². The lowest BCUT2D eigenvalue weighted by Gasteiger charge is -2.36. The van der Waals surface area contributed by atoms with Crippen LogP contribution in [-0.4, -0.2) is 100 Å². The van der Waals surface area contributed by atoms with E-state index in [0.717, 1.165) is 57.3 Å². The van der Waals surface area contributed by atoms with E-state index in [4.69, 9.17) is 9.47 Å². The molecule has 2 aliphatic rings. The average Bonchev–Trinajstić information content (AvgIpc) is 4.10. The Hall–Kier alpha value is -7.00. The smallest absolute Gasteiger partial charge is 0.407 e. The van der Waals surface area contributed by atoms with Gasteiger partial charge in [-0.05, 0) is 64.9 Å². The highest BCUT2D eigenvalue weighted by molar-refractivity contribution is 5.91. The third-order valence-electron chi connectivity index (χ3n) is 11.2. The summed E-state index contributed by atoms with van der Waals surface area (Å²) in [4.78, 5) is 70.8. The Morgan fingerprint density at radius 1 is 0.700 bits per heavy atom. The van der Waals surface area contributed by atoms with E-state index in [9.17, 15) is 19.2 Å². The molecule has 2 aliphatic heterocycles. The summed E-state index contributed by atoms with van der Waals surface area (Å²) in [7, 11) is 2.54. The minimum absolute atomic E-state index is 0.176. The summed E-state index contributed by atoms with van der Waals surface area (Å²) >= 11 is 0. The molecule has 308 valence electrons. The van der Waals surface area contributed by atoms with Gasteiger partial charge in [0.25, 0.3) is 5.91 Å². The second kappa shape index (κ2) is 17.5. The minimum atomic E-state index is -0.939. The zero-order valence-electron chi connectivity index (χ0n) is 33.5. The van der Waals surface area contributed by atoms with Crippen LogP contribution in [0.25, 0.3) is 44.4 Å². The number of alkyl carbamates (subject to hydrolysis) is 2. The van der Waals surface area contributed by atoms with Gasteiger partial charge in [0.05, 0.1) is 57.3 Å². The van der Waals surface area contributed by atoms with Gasteiger partial charge in [-0.1, -0.05) is 78.9 Å². The van der Waals surface area contributed by atoms with Crippen LogP contribution in [0.15, 0.2) is 103 Å². The van der Waals surface area contributed by atoms with Gasteiger partial charge in [-0.3, -0.25) is 9.59 Å². The molecule has 2 aromatic heterocycles. The molecule has 6 aromatic rings. The van der Waals surface area contributed by atoms with Crippen molar-refractivity contribution >= 4 is 34.8 Å². The lowest BCUT2D eigenvalue weighted by atomic mass is 9.98. The van der Waals surface area contributed by atoms with Crippen molar-refractivity contribution < 1.29 is 33.4 Å². The number of carbonyl (C=O) groups is 4. The highest BCUT2D eigenvalue weighted by Gasteiger charge is 2.37. The summed E-state index contributed by atoms with van der Waals surface area (Å²) < 4.78 is 15.3. The molecular weight excluding hydrogens is 765 g/mol. The van der Waals surface area contributed by atoms with Crippen molar-refractivity contribution in [2.24, 2.45) is 0 Å². The number of nitrogens with one attached hydrogen (secondary N) is 4. The molecule has 2 fully saturated rings. The summed E-state index contributed by atoms with van der Waals surface area (Å²) in [6.45, 7) is 3.19. The summed E-state index contributed by atoms with van der Waals surface area (Å²) in [6, 6.07) is 27.6. The fourth-order valence-electron chi connectivity index (χ4n) is 7.97. The SMILES string of the molecule is COC(=O)NC(C)C(=O)N1CCCC1c1ncc(-c2ccc3cc(-c4ccc(-c5cnc(C6COCCN6C(=O)C(NC(=O)OC)c6ccccc6)[nH]5)cc4)ccc3c2)[nH]1. The molecule has 60 heavy (non-hydrogen) atoms. The van der Waals surface area contributed by atoms with Gasteiger partial charge in [0, 0.05) is 18.7 Å². The topological polar surface area (TPSA) is 184 Å². The van der Waals surface area contributed by atoms with E-state index < -0.39 is 30.3 Å². The molecular formula is C45H46N8O7. The largest absolute Gasteiger partial charge is 0.453 e. The number of H-pyrrole nitrogens is 2. The van der Waals surface area contributed by atoms with Crippen LogP contribution in [0, 0.1) is 0 Å². The number of methoxy groups -OCH3 is 2. The number of aromatic nitrogens is 4. The van der Waals surface area contributed by atoms with Crippen molar-refractivity contribution in [3.8, 4) is 33.6 Å². The summed E-state index contributed by atoms with van der Waals surface area (Å²) in [6.07, 6.45) is 3.84. The van der Waals surface area contributed by atoms with E-state index in [1.54, 1.807) is 41.2 Å². The molecule has 4 aromatic carbocycles. The Morgan fingerprint density at radius 3 is 1.98 bits per heavy atom. The number of imidazole rings is 2. The van der Waals surface area contributed by atoms with Gasteiger partial charge >= 0.3 is 12.2 Å². The van der Waals surface area contributed by atoms with Crippen LogP contribution >= 0.6 is 0 Å². The molecule has 4 heterocycles. The Bertz CT molecular complexity index is 2500. The van der Waals surface area contributed by atoms with Gasteiger partial charge in [0.1, 0.15) is 29.8 Å². The summed E-state index contributed by atoms with van der Waals surface area (Å²) in [5.74, 6) is 0.842. The number of nitrogens with zero attached hydrogens (tertiary/aromatic N) is 4. The van der Waals surface area contributed by atoms with E-state index >= 15 is 0 Å². The van der Waals surface area contributed by atoms with Crippen molar-refractivity contribution in [3.63, 3.8) is 0 Å². The number of hydrogen-bond donors (Lipinski definition) is 4. The van der Waals surface area contributed by atoms with Crippen molar-refractivity contribution in [1.82, 2.24) is 40.4 Å². The number of likely N-dealkylation sites (tertiary alicyclic amines) is 1. The van der Waals surface area contributed by atoms with Crippen molar-refractivity contribution in [3.05, 3.63) is 121 Å². The Labute approximate surface area is 346 Å². The van der Waals surface area contributed by atoms with Crippen LogP contribution in [0.1, 0.15) is 55.1 Å². The first-order valence-corrected chi connectivity index (χ1v) is 19.9. The number of aromatic amines is 2. The predicted octanol–water partition coefficient (Wildman–Crippen LogP) is 6.69. The minimum Gasteiger partial charge on any atom is -0.453 e. The Morgan fingerprint density at radius 2 is 1.28 bits per heavy atom. The summed E-state index contributed by atoms with van der Waals surface area (Å²) in [5.41, 5.74) is 6.34. The van der Waals surface area contributed by atoms with E-state index in [0.29, 0.717) is 36.9 Å². The molecule has 4 atom stereocenters. The number of rotatable bonds is 10. The van der Waals surface area contributed by atoms with Crippen LogP contribution in [0.5, 0.6) is 0 Å². The zero-order chi connectivity index (χ0) is 41.8. The first kappa shape index (κ1) is 39.8. The number of fused-ring (bicyclic) bond motifs is 1. The molecule has 0 spiro atoms. The Kier molecular flexibility index (Phi) is 11.6. The molecule has 4 unspecified atom stereocenters. The molecule has 0 aliphatic carbocycles. The fourth-order valence-corrected chi connectivity index (χ4v) is 7.97. The van der Waals surface area contributed by atoms with Crippen molar-refractivity contribution in [1.29, 1.82) is 0 Å². The third-order valence-corrected chi connectivity index (χ3v) is 11.2. The van der Waals surface area contributed by atoms with E-state index in [2.05, 4.69) is 83.8 Å². The highest BCUT2D eigenvalue weighted by atomic mass is 16.5. The van der Waals surface area contributed by atoms with Crippen LogP contribution in [0.3, 0.4) is 0 Å². The second-order valence-corrected chi connectivity index (χ2v) is 14.9. The van der Waals surface area contributed by atoms with Gasteiger partial charge in [0.2, 0.25) is 5.91 Å². The quantitative estimate of drug-likeness (QED) is 0.117. The third kappa shape index (κ3) is 8.29. The summed E-state index contributed by atoms with van der Waals surface area (Å²) in [5, 5.41) is 7.42. The highest BCUT2D eigenvalue weighted by Crippen LogP contribution is 2.34. The Balaban J connectivity index is 0.948. The molecule has 0 bridgehead atoms. The normalized spacial score (nSPS) is 17.5. The molecule has 4 amide bonds. The van der Waals surface area contributed by atoms with Crippen LogP contribution < -0.4 is 10.6 Å². The number of hydrogen-bond acceptors (Lipinski definition) is 9. The second-order valence-electron chi connectivity index (χ2n) is 14.9. The number of amides is 4. The van der Waals surface area contributed by atoms with Crippen molar-refractivity contribution in [2.75, 3.05) is 40.5 Å². The van der Waals surface area contributed by atoms with E-state index in [-0.39, 0.29) is 24.5 Å². The molecule has 15 heteroatoms. The molecule has 2 saturated heterocycles. The zero-order valence-corrected chi connectivity index (χ0v) is 33.5. The monoisotopic (exact) mass is 810 g/mol. The predicted molar refractivity (Wildman–Crippen MR) is 223 cm³/mol. The van der Waals surface area contributed by atoms with Crippen LogP contribution in [0.2, 0.25) is 0 Å². The molecule has 0 radical (unpaired) electrons. The van der Waals surface area contributed by atoms with E-state index in [1.165, 1.54) is 14.2 Å². The molecule has 0 saturated carbocycles. The number of benzene rings is 4. The van der Waals surface area contributed by atoms with Crippen molar-refractivity contribution in [2.45, 2.75) is 43.9 Å². The van der Waals surface area contributed by atoms with E-state index in [1.807, 2.05) is 30.3 Å². The average molecular weight is 811 g/mol. The van der Waals surface area contributed by atoms with Gasteiger partial charge in [-0.25, -0.2) is 19.6 Å². The maximum Gasteiger partial charge on any atom is 0.407 e. The maximum absolute atomic E-state index is 14.0. The lowest BCUT2D eigenvalue weighted by Crippen LogP contribution is -2.49. The molecule has 8 rings (SSSR count). The van der Waals surface area contributed by atoms with Gasteiger partial charge < -0.3 is 44.6 Å². The van der Waals surface area contributed by atoms with Gasteiger partial charge in [-0.2, -0.15) is 0 Å². The number of ether oxygens (including phenoxy) is 3. The van der Waals surface area contributed by atoms with Crippen LogP contribution in [-0.2, 0) is 23.8 Å². The lowest BCUT2D eigenvalue weighted by molar-refractivity contribution is -0.143. The molecule has 15 nitrogen and oxygen atoms in total. The van der Waals surface area contributed by atoms with Crippen LogP contribution in [0.4, 0.5) is 9.59 Å². The molecule has 4 N–H and O–H groups in total. The maximum atomic E-state index is 14.0. The first-order chi connectivity index (χ1) is 29.2. The first-order valence-electron chi connectivity index (χ1n) is 19.9. The van der Waals surface area contributed by atoms with Gasteiger partial charge in [-0.15, -0.1) is 0 Å².